The van der Waals surface area contributed by atoms with Crippen molar-refractivity contribution < 1.29 is 14.3 Å². The first-order valence-electron chi connectivity index (χ1n) is 10.4. The zero-order chi connectivity index (χ0) is 22.4. The molecule has 1 N–H and O–H groups in total. The molecule has 0 saturated carbocycles. The molecule has 0 spiro atoms. The van der Waals surface area contributed by atoms with E-state index >= 15 is 0 Å². The number of hydrogen-bond donors (Lipinski definition) is 1. The van der Waals surface area contributed by atoms with Crippen molar-refractivity contribution in [2.24, 2.45) is 16.9 Å². The first-order valence-corrected chi connectivity index (χ1v) is 10.8. The number of allylic oxidation sites excluding steroid dienone is 3. The molecule has 5 rings (SSSR count). The van der Waals surface area contributed by atoms with Crippen LogP contribution in [0.4, 0.5) is 10.1 Å². The average Bonchev–Trinajstić information content (AvgIpc) is 3.19. The molecule has 2 aromatic carbocycles. The number of nitriles is 1. The highest BCUT2D eigenvalue weighted by Crippen LogP contribution is 2.48. The van der Waals surface area contributed by atoms with Crippen molar-refractivity contribution in [3.05, 3.63) is 87.7 Å². The third-order valence-corrected chi connectivity index (χ3v) is 6.77. The average molecular weight is 448 g/mol. The number of carboxylic acids is 1. The fourth-order valence-electron chi connectivity index (χ4n) is 4.89. The Kier molecular flexibility index (Phi) is 5.07. The molecule has 1 aliphatic heterocycles. The highest BCUT2D eigenvalue weighted by atomic mass is 35.5. The van der Waals surface area contributed by atoms with Crippen LogP contribution < -0.4 is 5.01 Å². The van der Waals surface area contributed by atoms with Gasteiger partial charge in [0.25, 0.3) is 0 Å². The predicted octanol–water partition coefficient (Wildman–Crippen LogP) is 5.64. The van der Waals surface area contributed by atoms with Crippen LogP contribution in [0.5, 0.6) is 0 Å². The Bertz CT molecular complexity index is 1240. The maximum absolute atomic E-state index is 13.6. The van der Waals surface area contributed by atoms with Gasteiger partial charge in [-0.05, 0) is 60.7 Å². The van der Waals surface area contributed by atoms with Crippen LogP contribution in [0, 0.1) is 29.0 Å². The van der Waals surface area contributed by atoms with E-state index in [1.54, 1.807) is 30.3 Å². The summed E-state index contributed by atoms with van der Waals surface area (Å²) in [5.74, 6) is -1.56. The molecule has 32 heavy (non-hydrogen) atoms. The molecule has 0 fully saturated rings. The van der Waals surface area contributed by atoms with E-state index in [0.29, 0.717) is 17.0 Å². The van der Waals surface area contributed by atoms with Crippen LogP contribution in [-0.4, -0.2) is 16.8 Å². The number of nitrogens with zero attached hydrogens (tertiary/aromatic N) is 3. The molecule has 3 aliphatic rings. The molecule has 0 saturated heterocycles. The van der Waals surface area contributed by atoms with Gasteiger partial charge in [0.15, 0.2) is 0 Å². The number of carboxylic acid groups (broad SMARTS) is 1. The molecule has 0 bridgehead atoms. The SMILES string of the molecule is N#Cc1ccc(N2N=C3C4=C(CCC3C2c2ccc(F)cc2)CC(C(=O)O)C=C4)cc1Cl. The second-order valence-electron chi connectivity index (χ2n) is 8.27. The van der Waals surface area contributed by atoms with Gasteiger partial charge in [0.05, 0.1) is 33.9 Å². The van der Waals surface area contributed by atoms with Gasteiger partial charge < -0.3 is 5.11 Å². The van der Waals surface area contributed by atoms with Gasteiger partial charge in [0, 0.05) is 5.92 Å². The van der Waals surface area contributed by atoms with Crippen molar-refractivity contribution in [3.63, 3.8) is 0 Å². The number of carbonyl (C=O) groups is 1. The Morgan fingerprint density at radius 1 is 1.25 bits per heavy atom. The normalized spacial score (nSPS) is 24.0. The maximum atomic E-state index is 13.6. The second-order valence-corrected chi connectivity index (χ2v) is 8.68. The fourth-order valence-corrected chi connectivity index (χ4v) is 5.10. The minimum atomic E-state index is -0.818. The number of fused-ring (bicyclic) bond motifs is 2. The topological polar surface area (TPSA) is 76.7 Å². The Morgan fingerprint density at radius 3 is 2.72 bits per heavy atom. The molecule has 160 valence electrons. The van der Waals surface area contributed by atoms with Crippen molar-refractivity contribution in [3.8, 4) is 6.07 Å². The first kappa shape index (κ1) is 20.5. The summed E-state index contributed by atoms with van der Waals surface area (Å²) in [6, 6.07) is 13.6. The molecule has 2 aliphatic carbocycles. The molecule has 3 atom stereocenters. The van der Waals surface area contributed by atoms with Crippen LogP contribution in [-0.2, 0) is 4.79 Å². The third kappa shape index (κ3) is 3.39. The van der Waals surface area contributed by atoms with Crippen molar-refractivity contribution in [1.82, 2.24) is 0 Å². The van der Waals surface area contributed by atoms with Crippen molar-refractivity contribution >= 4 is 29.0 Å². The number of hydrazone groups is 1. The van der Waals surface area contributed by atoms with Gasteiger partial charge in [0.2, 0.25) is 0 Å². The van der Waals surface area contributed by atoms with Crippen LogP contribution in [0.25, 0.3) is 0 Å². The molecular weight excluding hydrogens is 429 g/mol. The van der Waals surface area contributed by atoms with Crippen molar-refractivity contribution in [1.29, 1.82) is 5.26 Å². The summed E-state index contributed by atoms with van der Waals surface area (Å²) in [5, 5.41) is 25.8. The summed E-state index contributed by atoms with van der Waals surface area (Å²) in [5.41, 5.74) is 5.11. The monoisotopic (exact) mass is 447 g/mol. The molecule has 5 nitrogen and oxygen atoms in total. The van der Waals surface area contributed by atoms with Gasteiger partial charge in [-0.1, -0.05) is 41.5 Å². The number of benzene rings is 2. The Morgan fingerprint density at radius 2 is 2.03 bits per heavy atom. The molecule has 7 heteroatoms. The molecule has 1 heterocycles. The highest BCUT2D eigenvalue weighted by Gasteiger charge is 2.43. The minimum absolute atomic E-state index is 0.0691. The third-order valence-electron chi connectivity index (χ3n) is 6.45. The Balaban J connectivity index is 1.60. The van der Waals surface area contributed by atoms with Crippen LogP contribution in [0.1, 0.15) is 36.4 Å². The standard InChI is InChI=1S/C25H19ClFN3O2/c26-22-12-19(8-3-17(22)13-28)30-24(14-1-6-18(27)7-2-14)21-10-4-15-11-16(25(31)32)5-9-20(15)23(21)29-30/h1-3,5-9,12,16,21,24H,4,10-11H2,(H,31,32). The van der Waals surface area contributed by atoms with Gasteiger partial charge in [-0.2, -0.15) is 10.4 Å². The highest BCUT2D eigenvalue weighted by molar-refractivity contribution is 6.32. The molecule has 3 unspecified atom stereocenters. The van der Waals surface area contributed by atoms with Crippen molar-refractivity contribution in [2.45, 2.75) is 25.3 Å². The summed E-state index contributed by atoms with van der Waals surface area (Å²) < 4.78 is 13.6. The summed E-state index contributed by atoms with van der Waals surface area (Å²) in [7, 11) is 0. The lowest BCUT2D eigenvalue weighted by atomic mass is 9.73. The summed E-state index contributed by atoms with van der Waals surface area (Å²) in [4.78, 5) is 11.5. The van der Waals surface area contributed by atoms with Gasteiger partial charge in [-0.15, -0.1) is 0 Å². The maximum Gasteiger partial charge on any atom is 0.310 e. The van der Waals surface area contributed by atoms with E-state index in [2.05, 4.69) is 6.07 Å². The predicted molar refractivity (Wildman–Crippen MR) is 120 cm³/mol. The van der Waals surface area contributed by atoms with E-state index in [4.69, 9.17) is 16.7 Å². The lowest BCUT2D eigenvalue weighted by Gasteiger charge is -2.32. The van der Waals surface area contributed by atoms with Gasteiger partial charge in [-0.3, -0.25) is 9.80 Å². The minimum Gasteiger partial charge on any atom is -0.481 e. The zero-order valence-corrected chi connectivity index (χ0v) is 17.8. The Hall–Kier alpha value is -3.43. The van der Waals surface area contributed by atoms with E-state index in [1.165, 1.54) is 12.1 Å². The van der Waals surface area contributed by atoms with Crippen molar-refractivity contribution in [2.75, 3.05) is 5.01 Å². The van der Waals surface area contributed by atoms with Crippen LogP contribution in [0.3, 0.4) is 0 Å². The fraction of sp³-hybridized carbons (Fsp3) is 0.240. The number of aliphatic carboxylic acids is 1. The van der Waals surface area contributed by atoms with E-state index < -0.39 is 11.9 Å². The molecule has 0 radical (unpaired) electrons. The van der Waals surface area contributed by atoms with Gasteiger partial charge >= 0.3 is 5.97 Å². The number of rotatable bonds is 3. The van der Waals surface area contributed by atoms with Crippen LogP contribution in [0.15, 0.2) is 70.9 Å². The Labute approximate surface area is 189 Å². The molecule has 2 aromatic rings. The second kappa shape index (κ2) is 7.92. The first-order chi connectivity index (χ1) is 15.5. The van der Waals surface area contributed by atoms with E-state index in [0.717, 1.165) is 41.0 Å². The molecule has 0 amide bonds. The van der Waals surface area contributed by atoms with E-state index in [-0.39, 0.29) is 17.8 Å². The largest absolute Gasteiger partial charge is 0.481 e. The summed E-state index contributed by atoms with van der Waals surface area (Å²) >= 11 is 6.31. The molecule has 0 aromatic heterocycles. The number of hydrogen-bond acceptors (Lipinski definition) is 4. The lowest BCUT2D eigenvalue weighted by molar-refractivity contribution is -0.140. The zero-order valence-electron chi connectivity index (χ0n) is 17.0. The quantitative estimate of drug-likeness (QED) is 0.661. The van der Waals surface area contributed by atoms with Crippen LogP contribution >= 0.6 is 11.6 Å². The van der Waals surface area contributed by atoms with Gasteiger partial charge in [0.1, 0.15) is 11.9 Å². The van der Waals surface area contributed by atoms with E-state index in [9.17, 15) is 19.6 Å². The smallest absolute Gasteiger partial charge is 0.310 e. The number of anilines is 1. The van der Waals surface area contributed by atoms with Gasteiger partial charge in [-0.25, -0.2) is 4.39 Å². The van der Waals surface area contributed by atoms with Crippen LogP contribution in [0.2, 0.25) is 5.02 Å². The summed E-state index contributed by atoms with van der Waals surface area (Å²) in [6.07, 6.45) is 5.74. The number of halogens is 2. The van der Waals surface area contributed by atoms with E-state index in [1.807, 2.05) is 17.2 Å². The lowest BCUT2D eigenvalue weighted by Crippen LogP contribution is -2.29. The molecular formula is C25H19ClFN3O2. The summed E-state index contributed by atoms with van der Waals surface area (Å²) in [6.45, 7) is 0.